The van der Waals surface area contributed by atoms with Gasteiger partial charge in [0.2, 0.25) is 0 Å². The third kappa shape index (κ3) is 1.80. The van der Waals surface area contributed by atoms with E-state index in [0.29, 0.717) is 11.4 Å². The molecular weight excluding hydrogens is 280 g/mol. The summed E-state index contributed by atoms with van der Waals surface area (Å²) in [6.07, 6.45) is 1.54. The first kappa shape index (κ1) is 11.1. The molecule has 0 saturated carbocycles. The van der Waals surface area contributed by atoms with Crippen LogP contribution in [0, 0.1) is 18.6 Å². The minimum atomic E-state index is -0.573. The average Bonchev–Trinajstić information content (AvgIpc) is 2.53. The van der Waals surface area contributed by atoms with Crippen LogP contribution < -0.4 is 5.73 Å². The van der Waals surface area contributed by atoms with Crippen LogP contribution in [0.25, 0.3) is 5.69 Å². The quantitative estimate of drug-likeness (QED) is 0.820. The third-order valence-electron chi connectivity index (χ3n) is 2.17. The van der Waals surface area contributed by atoms with Crippen molar-refractivity contribution < 1.29 is 8.78 Å². The highest BCUT2D eigenvalue weighted by molar-refractivity contribution is 9.10. The smallest absolute Gasteiger partial charge is 0.150 e. The molecule has 0 bridgehead atoms. The van der Waals surface area contributed by atoms with Crippen LogP contribution in [0.1, 0.15) is 5.56 Å². The van der Waals surface area contributed by atoms with Gasteiger partial charge in [-0.15, -0.1) is 0 Å². The van der Waals surface area contributed by atoms with Gasteiger partial charge >= 0.3 is 0 Å². The molecular formula is C10H8BrF2N3. The van der Waals surface area contributed by atoms with Crippen LogP contribution in [0.15, 0.2) is 22.8 Å². The Balaban J connectivity index is 2.60. The highest BCUT2D eigenvalue weighted by Gasteiger charge is 2.12. The summed E-state index contributed by atoms with van der Waals surface area (Å²) in [6.45, 7) is 1.74. The molecule has 0 aliphatic rings. The van der Waals surface area contributed by atoms with Gasteiger partial charge in [0, 0.05) is 17.8 Å². The fraction of sp³-hybridized carbons (Fsp3) is 0.100. The van der Waals surface area contributed by atoms with Crippen molar-refractivity contribution in [1.82, 2.24) is 9.78 Å². The number of aryl methyl sites for hydroxylation is 1. The Labute approximate surface area is 99.0 Å². The third-order valence-corrected chi connectivity index (χ3v) is 2.78. The van der Waals surface area contributed by atoms with Crippen LogP contribution in [0.2, 0.25) is 0 Å². The largest absolute Gasteiger partial charge is 0.382 e. The number of benzene rings is 1. The predicted molar refractivity (Wildman–Crippen MR) is 60.3 cm³/mol. The first-order valence-electron chi connectivity index (χ1n) is 4.45. The van der Waals surface area contributed by atoms with E-state index in [1.807, 2.05) is 0 Å². The lowest BCUT2D eigenvalue weighted by atomic mass is 10.3. The Morgan fingerprint density at radius 3 is 2.56 bits per heavy atom. The summed E-state index contributed by atoms with van der Waals surface area (Å²) < 4.78 is 28.1. The van der Waals surface area contributed by atoms with E-state index in [9.17, 15) is 8.78 Å². The van der Waals surface area contributed by atoms with E-state index >= 15 is 0 Å². The molecule has 2 N–H and O–H groups in total. The summed E-state index contributed by atoms with van der Waals surface area (Å²) in [5, 5.41) is 3.88. The van der Waals surface area contributed by atoms with Crippen LogP contribution in [0.4, 0.5) is 14.6 Å². The summed E-state index contributed by atoms with van der Waals surface area (Å²) in [4.78, 5) is 0. The van der Waals surface area contributed by atoms with Crippen molar-refractivity contribution in [2.45, 2.75) is 6.92 Å². The number of hydrogen-bond donors (Lipinski definition) is 1. The van der Waals surface area contributed by atoms with Gasteiger partial charge in [-0.3, -0.25) is 0 Å². The molecule has 0 amide bonds. The van der Waals surface area contributed by atoms with Crippen molar-refractivity contribution >= 4 is 21.7 Å². The molecule has 1 aromatic carbocycles. The summed E-state index contributed by atoms with van der Waals surface area (Å²) in [5.41, 5.74) is 6.28. The van der Waals surface area contributed by atoms with Gasteiger partial charge in [-0.2, -0.15) is 5.10 Å². The normalized spacial score (nSPS) is 10.8. The van der Waals surface area contributed by atoms with Crippen LogP contribution in [-0.2, 0) is 0 Å². The van der Waals surface area contributed by atoms with Gasteiger partial charge in [-0.05, 0) is 28.9 Å². The molecule has 2 aromatic rings. The first-order valence-corrected chi connectivity index (χ1v) is 5.25. The van der Waals surface area contributed by atoms with E-state index < -0.39 is 11.6 Å². The Kier molecular flexibility index (Phi) is 2.67. The number of nitrogens with two attached hydrogens (primary N) is 1. The molecule has 2 rings (SSSR count). The van der Waals surface area contributed by atoms with E-state index in [-0.39, 0.29) is 10.2 Å². The van der Waals surface area contributed by atoms with Crippen molar-refractivity contribution in [3.63, 3.8) is 0 Å². The molecule has 1 heterocycles. The topological polar surface area (TPSA) is 43.8 Å². The lowest BCUT2D eigenvalue weighted by molar-refractivity contribution is 0.582. The van der Waals surface area contributed by atoms with E-state index in [1.165, 1.54) is 4.68 Å². The van der Waals surface area contributed by atoms with Crippen LogP contribution in [0.3, 0.4) is 0 Å². The Morgan fingerprint density at radius 1 is 1.31 bits per heavy atom. The molecule has 0 fully saturated rings. The zero-order valence-corrected chi connectivity index (χ0v) is 9.92. The van der Waals surface area contributed by atoms with Gasteiger partial charge in [0.1, 0.15) is 23.1 Å². The van der Waals surface area contributed by atoms with Crippen molar-refractivity contribution in [3.05, 3.63) is 40.0 Å². The van der Waals surface area contributed by atoms with E-state index in [1.54, 1.807) is 13.1 Å². The Morgan fingerprint density at radius 2 is 2.00 bits per heavy atom. The molecule has 1 aromatic heterocycles. The second-order valence-corrected chi connectivity index (χ2v) is 4.21. The average molecular weight is 288 g/mol. The molecule has 16 heavy (non-hydrogen) atoms. The number of nitrogens with zero attached hydrogens (tertiary/aromatic N) is 2. The minimum Gasteiger partial charge on any atom is -0.382 e. The predicted octanol–water partition coefficient (Wildman–Crippen LogP) is 2.80. The van der Waals surface area contributed by atoms with E-state index in [0.717, 1.165) is 12.1 Å². The van der Waals surface area contributed by atoms with Crippen molar-refractivity contribution in [2.24, 2.45) is 0 Å². The lowest BCUT2D eigenvalue weighted by Gasteiger charge is -2.04. The SMILES string of the molecule is Cc1cn(-c2cc(F)c(Br)cc2F)nc1N. The summed E-state index contributed by atoms with van der Waals surface area (Å²) >= 11 is 2.90. The number of aromatic nitrogens is 2. The van der Waals surface area contributed by atoms with Gasteiger partial charge in [-0.25, -0.2) is 13.5 Å². The minimum absolute atomic E-state index is 0.0282. The van der Waals surface area contributed by atoms with Crippen LogP contribution in [0.5, 0.6) is 0 Å². The molecule has 0 aliphatic heterocycles. The van der Waals surface area contributed by atoms with Gasteiger partial charge in [0.05, 0.1) is 4.47 Å². The molecule has 0 spiro atoms. The Hall–Kier alpha value is -1.43. The second-order valence-electron chi connectivity index (χ2n) is 3.36. The number of halogens is 3. The molecule has 0 aliphatic carbocycles. The van der Waals surface area contributed by atoms with Gasteiger partial charge in [-0.1, -0.05) is 0 Å². The molecule has 6 heteroatoms. The highest BCUT2D eigenvalue weighted by Crippen LogP contribution is 2.23. The van der Waals surface area contributed by atoms with Crippen LogP contribution in [-0.4, -0.2) is 9.78 Å². The first-order chi connectivity index (χ1) is 7.49. The van der Waals surface area contributed by atoms with Crippen molar-refractivity contribution in [3.8, 4) is 5.69 Å². The Bertz CT molecular complexity index is 532. The maximum Gasteiger partial charge on any atom is 0.150 e. The van der Waals surface area contributed by atoms with Crippen LogP contribution >= 0.6 is 15.9 Å². The molecule has 84 valence electrons. The number of nitrogen functional groups attached to an aromatic ring is 1. The zero-order chi connectivity index (χ0) is 11.9. The molecule has 3 nitrogen and oxygen atoms in total. The lowest BCUT2D eigenvalue weighted by Crippen LogP contribution is -2.00. The standard InChI is InChI=1S/C10H8BrF2N3/c1-5-4-16(15-10(5)14)9-3-7(12)6(11)2-8(9)13/h2-4H,1H3,(H2,14,15). The monoisotopic (exact) mass is 287 g/mol. The fourth-order valence-electron chi connectivity index (χ4n) is 1.28. The summed E-state index contributed by atoms with van der Waals surface area (Å²) in [5.74, 6) is -0.832. The molecule has 0 radical (unpaired) electrons. The van der Waals surface area contributed by atoms with Gasteiger partial charge in [0.15, 0.2) is 0 Å². The number of rotatable bonds is 1. The maximum atomic E-state index is 13.6. The van der Waals surface area contributed by atoms with Gasteiger partial charge in [0.25, 0.3) is 0 Å². The molecule has 0 unspecified atom stereocenters. The van der Waals surface area contributed by atoms with Crippen molar-refractivity contribution in [1.29, 1.82) is 0 Å². The maximum absolute atomic E-state index is 13.6. The van der Waals surface area contributed by atoms with E-state index in [2.05, 4.69) is 21.0 Å². The number of anilines is 1. The second kappa shape index (κ2) is 3.86. The molecule has 0 saturated heterocycles. The fourth-order valence-corrected chi connectivity index (χ4v) is 1.60. The van der Waals surface area contributed by atoms with E-state index in [4.69, 9.17) is 5.73 Å². The van der Waals surface area contributed by atoms with Gasteiger partial charge < -0.3 is 5.73 Å². The van der Waals surface area contributed by atoms with Crippen molar-refractivity contribution in [2.75, 3.05) is 5.73 Å². The summed E-state index contributed by atoms with van der Waals surface area (Å²) in [6, 6.07) is 2.11. The zero-order valence-electron chi connectivity index (χ0n) is 8.34. The highest BCUT2D eigenvalue weighted by atomic mass is 79.9. The number of hydrogen-bond acceptors (Lipinski definition) is 2. The summed E-state index contributed by atoms with van der Waals surface area (Å²) in [7, 11) is 0. The molecule has 0 atom stereocenters.